The molecule has 1 saturated heterocycles. The molecule has 0 unspecified atom stereocenters. The molecule has 0 aromatic rings. The van der Waals surface area contributed by atoms with E-state index in [1.807, 2.05) is 0 Å². The molecule has 1 saturated carbocycles. The first kappa shape index (κ1) is 12.8. The maximum Gasteiger partial charge on any atom is 0.223 e. The van der Waals surface area contributed by atoms with Gasteiger partial charge in [-0.15, -0.1) is 0 Å². The molecule has 2 fully saturated rings. The van der Waals surface area contributed by atoms with Crippen molar-refractivity contribution >= 4 is 15.9 Å². The smallest absolute Gasteiger partial charge is 0.223 e. The fourth-order valence-electron chi connectivity index (χ4n) is 3.35. The fraction of sp³-hybridized carbons (Fsp3) is 0.909. The second-order valence-corrected chi connectivity index (χ2v) is 7.25. The van der Waals surface area contributed by atoms with Crippen LogP contribution in [0.1, 0.15) is 25.7 Å². The van der Waals surface area contributed by atoms with Crippen molar-refractivity contribution in [2.45, 2.75) is 25.7 Å². The average molecular weight is 260 g/mol. The van der Waals surface area contributed by atoms with Gasteiger partial charge in [0.25, 0.3) is 0 Å². The summed E-state index contributed by atoms with van der Waals surface area (Å²) in [5, 5.41) is 2.70. The monoisotopic (exact) mass is 260 g/mol. The number of nitrogens with zero attached hydrogens (tertiary/aromatic N) is 1. The third-order valence-corrected chi connectivity index (χ3v) is 5.54. The van der Waals surface area contributed by atoms with E-state index in [-0.39, 0.29) is 17.2 Å². The van der Waals surface area contributed by atoms with E-state index < -0.39 is 10.0 Å². The molecule has 5 nitrogen and oxygen atoms in total. The van der Waals surface area contributed by atoms with Crippen LogP contribution in [0.4, 0.5) is 0 Å². The number of hydrogen-bond acceptors (Lipinski definition) is 3. The normalized spacial score (nSPS) is 34.4. The predicted octanol–water partition coefficient (Wildman–Crippen LogP) is 0.184. The van der Waals surface area contributed by atoms with Crippen LogP contribution in [0.3, 0.4) is 0 Å². The SMILES string of the molecule is CNC(=O)[C@H]1CCC[C@@]12CCN(S(C)(=O)=O)C2. The Hall–Kier alpha value is -0.620. The van der Waals surface area contributed by atoms with Crippen molar-refractivity contribution in [1.29, 1.82) is 0 Å². The van der Waals surface area contributed by atoms with Crippen molar-refractivity contribution in [1.82, 2.24) is 9.62 Å². The highest BCUT2D eigenvalue weighted by molar-refractivity contribution is 7.88. The zero-order chi connectivity index (χ0) is 12.7. The van der Waals surface area contributed by atoms with Gasteiger partial charge in [0.15, 0.2) is 0 Å². The van der Waals surface area contributed by atoms with Gasteiger partial charge >= 0.3 is 0 Å². The maximum absolute atomic E-state index is 11.9. The molecule has 17 heavy (non-hydrogen) atoms. The summed E-state index contributed by atoms with van der Waals surface area (Å²) in [5.41, 5.74) is -0.108. The first-order chi connectivity index (χ1) is 7.89. The van der Waals surface area contributed by atoms with Crippen LogP contribution in [-0.2, 0) is 14.8 Å². The molecule has 1 heterocycles. The highest BCUT2D eigenvalue weighted by Crippen LogP contribution is 2.50. The second kappa shape index (κ2) is 4.24. The van der Waals surface area contributed by atoms with Crippen LogP contribution in [0, 0.1) is 11.3 Å². The first-order valence-corrected chi connectivity index (χ1v) is 7.91. The minimum Gasteiger partial charge on any atom is -0.359 e. The largest absolute Gasteiger partial charge is 0.359 e. The maximum atomic E-state index is 11.9. The Morgan fingerprint density at radius 1 is 1.41 bits per heavy atom. The number of rotatable bonds is 2. The van der Waals surface area contributed by atoms with Crippen molar-refractivity contribution in [2.75, 3.05) is 26.4 Å². The van der Waals surface area contributed by atoms with Gasteiger partial charge in [0.2, 0.25) is 15.9 Å². The topological polar surface area (TPSA) is 66.5 Å². The van der Waals surface area contributed by atoms with E-state index in [9.17, 15) is 13.2 Å². The van der Waals surface area contributed by atoms with Gasteiger partial charge in [-0.3, -0.25) is 4.79 Å². The molecule has 1 N–H and O–H groups in total. The van der Waals surface area contributed by atoms with Crippen LogP contribution in [0.25, 0.3) is 0 Å². The Balaban J connectivity index is 2.18. The zero-order valence-electron chi connectivity index (χ0n) is 10.4. The molecule has 6 heteroatoms. The number of nitrogens with one attached hydrogen (secondary N) is 1. The lowest BCUT2D eigenvalue weighted by atomic mass is 9.76. The third kappa shape index (κ3) is 2.20. The molecular weight excluding hydrogens is 240 g/mol. The van der Waals surface area contributed by atoms with E-state index in [1.165, 1.54) is 10.6 Å². The van der Waals surface area contributed by atoms with Crippen LogP contribution < -0.4 is 5.32 Å². The predicted molar refractivity (Wildman–Crippen MR) is 64.9 cm³/mol. The van der Waals surface area contributed by atoms with Crippen LogP contribution in [0.15, 0.2) is 0 Å². The second-order valence-electron chi connectivity index (χ2n) is 5.27. The Kier molecular flexibility index (Phi) is 3.20. The van der Waals surface area contributed by atoms with Crippen LogP contribution >= 0.6 is 0 Å². The van der Waals surface area contributed by atoms with Gasteiger partial charge in [-0.05, 0) is 24.7 Å². The van der Waals surface area contributed by atoms with E-state index >= 15 is 0 Å². The van der Waals surface area contributed by atoms with Crippen LogP contribution in [0.2, 0.25) is 0 Å². The van der Waals surface area contributed by atoms with Gasteiger partial charge in [0, 0.05) is 26.1 Å². The van der Waals surface area contributed by atoms with Gasteiger partial charge in [0.1, 0.15) is 0 Å². The average Bonchev–Trinajstić information content (AvgIpc) is 2.85. The number of hydrogen-bond donors (Lipinski definition) is 1. The van der Waals surface area contributed by atoms with E-state index in [2.05, 4.69) is 5.32 Å². The Morgan fingerprint density at radius 2 is 2.12 bits per heavy atom. The number of sulfonamides is 1. The zero-order valence-corrected chi connectivity index (χ0v) is 11.2. The van der Waals surface area contributed by atoms with E-state index in [1.54, 1.807) is 7.05 Å². The number of carbonyl (C=O) groups is 1. The highest BCUT2D eigenvalue weighted by Gasteiger charge is 2.51. The van der Waals surface area contributed by atoms with E-state index in [0.717, 1.165) is 25.7 Å². The minimum atomic E-state index is -3.12. The fourth-order valence-corrected chi connectivity index (χ4v) is 4.26. The summed E-state index contributed by atoms with van der Waals surface area (Å²) < 4.78 is 24.6. The number of amides is 1. The molecule has 1 spiro atoms. The first-order valence-electron chi connectivity index (χ1n) is 6.06. The Morgan fingerprint density at radius 3 is 2.65 bits per heavy atom. The summed E-state index contributed by atoms with van der Waals surface area (Å²) in [4.78, 5) is 11.9. The molecule has 2 rings (SSSR count). The van der Waals surface area contributed by atoms with Gasteiger partial charge in [0.05, 0.1) is 6.26 Å². The summed E-state index contributed by atoms with van der Waals surface area (Å²) in [7, 11) is -1.47. The molecule has 98 valence electrons. The van der Waals surface area contributed by atoms with Crippen LogP contribution in [0.5, 0.6) is 0 Å². The van der Waals surface area contributed by atoms with Crippen molar-refractivity contribution in [2.24, 2.45) is 11.3 Å². The molecule has 1 aliphatic heterocycles. The summed E-state index contributed by atoms with van der Waals surface area (Å²) in [5.74, 6) is 0.0529. The lowest BCUT2D eigenvalue weighted by Gasteiger charge is -2.29. The Bertz CT molecular complexity index is 420. The highest BCUT2D eigenvalue weighted by atomic mass is 32.2. The van der Waals surface area contributed by atoms with Crippen molar-refractivity contribution in [3.63, 3.8) is 0 Å². The van der Waals surface area contributed by atoms with Crippen molar-refractivity contribution in [3.05, 3.63) is 0 Å². The number of carbonyl (C=O) groups excluding carboxylic acids is 1. The summed E-state index contributed by atoms with van der Waals surface area (Å²) in [6.07, 6.45) is 4.94. The van der Waals surface area contributed by atoms with Crippen molar-refractivity contribution in [3.8, 4) is 0 Å². The molecule has 0 bridgehead atoms. The van der Waals surface area contributed by atoms with Gasteiger partial charge in [-0.25, -0.2) is 12.7 Å². The van der Waals surface area contributed by atoms with Gasteiger partial charge in [-0.1, -0.05) is 6.42 Å². The van der Waals surface area contributed by atoms with Gasteiger partial charge < -0.3 is 5.32 Å². The molecule has 2 atom stereocenters. The summed E-state index contributed by atoms with van der Waals surface area (Å²) in [6.45, 7) is 1.08. The lowest BCUT2D eigenvalue weighted by molar-refractivity contribution is -0.127. The standard InChI is InChI=1S/C11H20N2O3S/c1-12-10(14)9-4-3-5-11(9)6-7-13(8-11)17(2,15)16/h9H,3-8H2,1-2H3,(H,12,14)/t9-,11+/m1/s1. The summed E-state index contributed by atoms with van der Waals surface area (Å²) in [6, 6.07) is 0. The Labute approximate surface area is 103 Å². The van der Waals surface area contributed by atoms with E-state index in [4.69, 9.17) is 0 Å². The molecule has 0 aromatic carbocycles. The molecule has 2 aliphatic rings. The van der Waals surface area contributed by atoms with E-state index in [0.29, 0.717) is 13.1 Å². The quantitative estimate of drug-likeness (QED) is 0.770. The molecular formula is C11H20N2O3S. The third-order valence-electron chi connectivity index (χ3n) is 4.29. The van der Waals surface area contributed by atoms with Crippen molar-refractivity contribution < 1.29 is 13.2 Å². The molecule has 0 radical (unpaired) electrons. The molecule has 0 aromatic heterocycles. The lowest BCUT2D eigenvalue weighted by Crippen LogP contribution is -2.40. The summed E-state index contributed by atoms with van der Waals surface area (Å²) >= 11 is 0. The molecule has 1 aliphatic carbocycles. The minimum absolute atomic E-state index is 0.0146. The molecule has 1 amide bonds. The van der Waals surface area contributed by atoms with Crippen LogP contribution in [-0.4, -0.2) is 45.0 Å². The van der Waals surface area contributed by atoms with Gasteiger partial charge in [-0.2, -0.15) is 0 Å².